The number of nitrogen functional groups attached to an aromatic ring is 1. The Balaban J connectivity index is 0.800. The topological polar surface area (TPSA) is 188 Å². The van der Waals surface area contributed by atoms with Gasteiger partial charge in [0.05, 0.1) is 35.1 Å². The first-order chi connectivity index (χ1) is 30.5. The van der Waals surface area contributed by atoms with Crippen molar-refractivity contribution in [3.63, 3.8) is 0 Å². The Morgan fingerprint density at radius 1 is 0.984 bits per heavy atom. The standard InChI is InChI=1S/C47H56N10O6/c1-30(2)43-37(42(39-27-49-47(48)52-57(39)43)45(61)50-34-10-7-32(8-11-34)29-63-3)13-9-31-17-20-55(21-18-31)41(59)6-4-5-19-53-22-24-54(25-23-53)35-12-14-36-33(26-35)28-56(46(36)62)38-15-16-40(58)51-44(38)60/h7-8,10-12,14,26-27,30-31,38H,4-6,15-25,28-29H2,1-3H3,(H2,48,52)(H,50,61)(H,51,58,60). The second-order valence-electron chi connectivity index (χ2n) is 17.2. The van der Waals surface area contributed by atoms with Crippen LogP contribution in [0.4, 0.5) is 17.3 Å². The van der Waals surface area contributed by atoms with Gasteiger partial charge >= 0.3 is 0 Å². The molecule has 0 spiro atoms. The number of piperazine rings is 1. The summed E-state index contributed by atoms with van der Waals surface area (Å²) in [5.41, 5.74) is 12.6. The van der Waals surface area contributed by atoms with E-state index in [0.29, 0.717) is 67.0 Å². The number of hydrogen-bond donors (Lipinski definition) is 3. The van der Waals surface area contributed by atoms with Crippen LogP contribution in [0.2, 0.25) is 0 Å². The molecule has 0 saturated carbocycles. The lowest BCUT2D eigenvalue weighted by atomic mass is 9.95. The van der Waals surface area contributed by atoms with Gasteiger partial charge in [-0.1, -0.05) is 37.8 Å². The van der Waals surface area contributed by atoms with Crippen molar-refractivity contribution in [2.75, 3.05) is 68.9 Å². The van der Waals surface area contributed by atoms with Crippen LogP contribution >= 0.6 is 0 Å². The molecule has 1 atom stereocenters. The van der Waals surface area contributed by atoms with Crippen LogP contribution in [0.1, 0.15) is 108 Å². The third-order valence-corrected chi connectivity index (χ3v) is 12.6. The van der Waals surface area contributed by atoms with Gasteiger partial charge in [0.15, 0.2) is 0 Å². The SMILES string of the molecule is COCc1ccc(NC(=O)c2c(C#CC3CCN(C(=O)CCCCN4CCN(c5ccc6c(c5)CN(C5CCC(=O)NC5=O)C6=O)CC4)CC3)c(C(C)C)n3nc(N)ncc23)cc1. The van der Waals surface area contributed by atoms with E-state index in [1.165, 1.54) is 0 Å². The predicted octanol–water partition coefficient (Wildman–Crippen LogP) is 4.18. The van der Waals surface area contributed by atoms with Gasteiger partial charge < -0.3 is 30.5 Å². The van der Waals surface area contributed by atoms with Gasteiger partial charge in [0.2, 0.25) is 23.7 Å². The third-order valence-electron chi connectivity index (χ3n) is 12.6. The molecule has 16 heteroatoms. The van der Waals surface area contributed by atoms with Gasteiger partial charge in [-0.25, -0.2) is 9.50 Å². The number of nitrogens with one attached hydrogen (secondary N) is 2. The van der Waals surface area contributed by atoms with Crippen molar-refractivity contribution in [3.05, 3.63) is 82.2 Å². The highest BCUT2D eigenvalue weighted by Crippen LogP contribution is 2.32. The normalized spacial score (nSPS) is 18.4. The minimum Gasteiger partial charge on any atom is -0.380 e. The van der Waals surface area contributed by atoms with Crippen LogP contribution in [0, 0.1) is 17.8 Å². The van der Waals surface area contributed by atoms with E-state index in [2.05, 4.69) is 48.4 Å². The summed E-state index contributed by atoms with van der Waals surface area (Å²) in [4.78, 5) is 77.0. The molecule has 4 aromatic rings. The number of methoxy groups -OCH3 is 1. The molecule has 330 valence electrons. The van der Waals surface area contributed by atoms with E-state index in [-0.39, 0.29) is 47.8 Å². The number of amides is 5. The highest BCUT2D eigenvalue weighted by atomic mass is 16.5. The van der Waals surface area contributed by atoms with E-state index in [1.807, 2.05) is 55.1 Å². The van der Waals surface area contributed by atoms with Crippen molar-refractivity contribution in [2.24, 2.45) is 5.92 Å². The van der Waals surface area contributed by atoms with E-state index in [0.717, 1.165) is 80.9 Å². The summed E-state index contributed by atoms with van der Waals surface area (Å²) < 4.78 is 6.91. The molecule has 16 nitrogen and oxygen atoms in total. The fourth-order valence-electron chi connectivity index (χ4n) is 9.22. The molecule has 0 radical (unpaired) electrons. The summed E-state index contributed by atoms with van der Waals surface area (Å²) in [6.45, 7) is 10.7. The number of carbonyl (C=O) groups excluding carboxylic acids is 5. The number of anilines is 3. The molecule has 5 amide bonds. The number of benzene rings is 2. The van der Waals surface area contributed by atoms with Gasteiger partial charge in [-0.2, -0.15) is 0 Å². The van der Waals surface area contributed by atoms with Crippen molar-refractivity contribution in [1.29, 1.82) is 0 Å². The van der Waals surface area contributed by atoms with Crippen LogP contribution < -0.4 is 21.3 Å². The molecule has 3 saturated heterocycles. The maximum atomic E-state index is 13.9. The molecular weight excluding hydrogens is 801 g/mol. The summed E-state index contributed by atoms with van der Waals surface area (Å²) in [6.07, 6.45) is 5.97. The number of imide groups is 1. The maximum absolute atomic E-state index is 13.9. The number of unbranched alkanes of at least 4 members (excludes halogenated alkanes) is 1. The lowest BCUT2D eigenvalue weighted by Crippen LogP contribution is -2.52. The summed E-state index contributed by atoms with van der Waals surface area (Å²) in [7, 11) is 1.64. The van der Waals surface area contributed by atoms with Gasteiger partial charge in [0.1, 0.15) is 6.04 Å². The van der Waals surface area contributed by atoms with E-state index in [4.69, 9.17) is 10.5 Å². The number of nitrogens with two attached hydrogens (primary N) is 1. The molecule has 2 aromatic heterocycles. The molecule has 0 bridgehead atoms. The Morgan fingerprint density at radius 2 is 1.75 bits per heavy atom. The molecule has 1 unspecified atom stereocenters. The number of nitrogens with zero attached hydrogens (tertiary/aromatic N) is 7. The second-order valence-corrected chi connectivity index (χ2v) is 17.2. The molecule has 8 rings (SSSR count). The summed E-state index contributed by atoms with van der Waals surface area (Å²) in [6, 6.07) is 12.8. The summed E-state index contributed by atoms with van der Waals surface area (Å²) >= 11 is 0. The van der Waals surface area contributed by atoms with Crippen molar-refractivity contribution in [2.45, 2.75) is 83.9 Å². The quantitative estimate of drug-likeness (QED) is 0.105. The first-order valence-electron chi connectivity index (χ1n) is 22.1. The van der Waals surface area contributed by atoms with E-state index in [1.54, 1.807) is 22.7 Å². The Kier molecular flexibility index (Phi) is 13.1. The third kappa shape index (κ3) is 9.54. The zero-order valence-corrected chi connectivity index (χ0v) is 36.3. The average molecular weight is 857 g/mol. The largest absolute Gasteiger partial charge is 0.380 e. The zero-order valence-electron chi connectivity index (χ0n) is 36.3. The minimum absolute atomic E-state index is 0.0116. The number of rotatable bonds is 12. The van der Waals surface area contributed by atoms with E-state index < -0.39 is 11.9 Å². The van der Waals surface area contributed by atoms with Crippen molar-refractivity contribution < 1.29 is 28.7 Å². The van der Waals surface area contributed by atoms with E-state index in [9.17, 15) is 24.0 Å². The van der Waals surface area contributed by atoms with Crippen LogP contribution in [-0.2, 0) is 32.3 Å². The molecule has 4 N–H and O–H groups in total. The number of hydrogen-bond acceptors (Lipinski definition) is 11. The first-order valence-corrected chi connectivity index (χ1v) is 22.1. The Labute approximate surface area is 367 Å². The number of aromatic nitrogens is 3. The van der Waals surface area contributed by atoms with Gasteiger partial charge in [-0.3, -0.25) is 34.2 Å². The van der Waals surface area contributed by atoms with Crippen molar-refractivity contribution in [1.82, 2.24) is 34.6 Å². The number of piperidine rings is 2. The average Bonchev–Trinajstić information content (AvgIpc) is 3.78. The number of ether oxygens (including phenoxy) is 1. The molecular formula is C47H56N10O6. The number of fused-ring (bicyclic) bond motifs is 2. The highest BCUT2D eigenvalue weighted by molar-refractivity contribution is 6.11. The minimum atomic E-state index is -0.619. The van der Waals surface area contributed by atoms with Crippen LogP contribution in [0.5, 0.6) is 0 Å². The molecule has 3 fully saturated rings. The first kappa shape index (κ1) is 43.3. The molecule has 63 heavy (non-hydrogen) atoms. The lowest BCUT2D eigenvalue weighted by molar-refractivity contribution is -0.137. The van der Waals surface area contributed by atoms with Crippen molar-refractivity contribution in [3.8, 4) is 11.8 Å². The maximum Gasteiger partial charge on any atom is 0.259 e. The van der Waals surface area contributed by atoms with Crippen molar-refractivity contribution >= 4 is 52.4 Å². The van der Waals surface area contributed by atoms with Gasteiger partial charge in [0.25, 0.3) is 11.8 Å². The zero-order chi connectivity index (χ0) is 44.2. The predicted molar refractivity (Wildman–Crippen MR) is 238 cm³/mol. The Hall–Kier alpha value is -6.31. The van der Waals surface area contributed by atoms with E-state index >= 15 is 0 Å². The number of carbonyl (C=O) groups is 5. The molecule has 4 aliphatic rings. The van der Waals surface area contributed by atoms with Gasteiger partial charge in [-0.05, 0) is 86.0 Å². The smallest absolute Gasteiger partial charge is 0.259 e. The Bertz CT molecular complexity index is 2460. The van der Waals surface area contributed by atoms with Crippen LogP contribution in [0.3, 0.4) is 0 Å². The van der Waals surface area contributed by atoms with Gasteiger partial charge in [-0.15, -0.1) is 5.10 Å². The fraction of sp³-hybridized carbons (Fsp3) is 0.468. The molecule has 2 aromatic carbocycles. The highest BCUT2D eigenvalue weighted by Gasteiger charge is 2.39. The lowest BCUT2D eigenvalue weighted by Gasteiger charge is -2.36. The molecule has 4 aliphatic heterocycles. The number of likely N-dealkylation sites (tertiary alicyclic amines) is 1. The van der Waals surface area contributed by atoms with Crippen LogP contribution in [0.15, 0.2) is 48.7 Å². The molecule has 0 aliphatic carbocycles. The van der Waals surface area contributed by atoms with Gasteiger partial charge in [0, 0.05) is 88.6 Å². The summed E-state index contributed by atoms with van der Waals surface area (Å²) in [5, 5.41) is 9.86. The molecule has 6 heterocycles. The Morgan fingerprint density at radius 3 is 2.46 bits per heavy atom. The van der Waals surface area contributed by atoms with Crippen LogP contribution in [0.25, 0.3) is 5.52 Å². The summed E-state index contributed by atoms with van der Waals surface area (Å²) in [5.74, 6) is 6.04. The van der Waals surface area contributed by atoms with Crippen LogP contribution in [-0.4, -0.2) is 118 Å². The fourth-order valence-corrected chi connectivity index (χ4v) is 9.22. The second kappa shape index (κ2) is 19.0. The monoisotopic (exact) mass is 856 g/mol.